The van der Waals surface area contributed by atoms with Crippen molar-refractivity contribution in [3.63, 3.8) is 0 Å². The van der Waals surface area contributed by atoms with Crippen LogP contribution in [0.5, 0.6) is 5.75 Å². The Kier molecular flexibility index (Phi) is 5.12. The maximum atomic E-state index is 13.3. The van der Waals surface area contributed by atoms with E-state index in [0.29, 0.717) is 12.0 Å². The summed E-state index contributed by atoms with van der Waals surface area (Å²) in [5, 5.41) is 18.0. The number of aliphatic hydroxyl groups is 1. The van der Waals surface area contributed by atoms with Crippen LogP contribution in [0.15, 0.2) is 35.9 Å². The fraction of sp³-hybridized carbons (Fsp3) is 0.353. The normalized spacial score (nSPS) is 23.8. The molecule has 0 aliphatic heterocycles. The Morgan fingerprint density at radius 3 is 2.57 bits per heavy atom. The van der Waals surface area contributed by atoms with Crippen LogP contribution in [0.25, 0.3) is 0 Å². The molecule has 0 aromatic heterocycles. The molecule has 0 bridgehead atoms. The van der Waals surface area contributed by atoms with E-state index >= 15 is 0 Å². The van der Waals surface area contributed by atoms with E-state index < -0.39 is 23.6 Å². The third-order valence-corrected chi connectivity index (χ3v) is 3.91. The fourth-order valence-electron chi connectivity index (χ4n) is 2.60. The Hall–Kier alpha value is -2.26. The van der Waals surface area contributed by atoms with Gasteiger partial charge in [-0.25, -0.2) is 13.2 Å². The highest BCUT2D eigenvalue weighted by atomic mass is 19.2. The summed E-state index contributed by atoms with van der Waals surface area (Å²) >= 11 is 0. The molecule has 0 saturated heterocycles. The largest absolute Gasteiger partial charge is 0.489 e. The number of benzene rings is 1. The van der Waals surface area contributed by atoms with Crippen molar-refractivity contribution in [2.45, 2.75) is 19.4 Å². The van der Waals surface area contributed by atoms with Crippen LogP contribution in [0.2, 0.25) is 0 Å². The summed E-state index contributed by atoms with van der Waals surface area (Å²) in [5.41, 5.74) is 1.03. The summed E-state index contributed by atoms with van der Waals surface area (Å²) in [4.78, 5) is 0. The zero-order valence-electron chi connectivity index (χ0n) is 12.5. The molecule has 1 unspecified atom stereocenters. The molecule has 0 radical (unpaired) electrons. The van der Waals surface area contributed by atoms with Crippen LogP contribution >= 0.6 is 0 Å². The molecule has 1 aliphatic rings. The highest BCUT2D eigenvalue weighted by molar-refractivity contribution is 5.30. The molecule has 23 heavy (non-hydrogen) atoms. The van der Waals surface area contributed by atoms with Gasteiger partial charge < -0.3 is 9.84 Å². The van der Waals surface area contributed by atoms with E-state index in [1.807, 2.05) is 6.07 Å². The lowest BCUT2D eigenvalue weighted by Crippen LogP contribution is -2.46. The van der Waals surface area contributed by atoms with E-state index in [1.165, 1.54) is 0 Å². The van der Waals surface area contributed by atoms with Crippen molar-refractivity contribution in [1.29, 1.82) is 5.26 Å². The van der Waals surface area contributed by atoms with Gasteiger partial charge in [-0.15, -0.1) is 0 Å². The van der Waals surface area contributed by atoms with Gasteiger partial charge in [0.15, 0.2) is 17.5 Å². The van der Waals surface area contributed by atoms with Crippen molar-refractivity contribution in [1.82, 2.24) is 0 Å². The molecule has 1 aliphatic carbocycles. The molecule has 1 aromatic carbocycles. The van der Waals surface area contributed by atoms with Crippen LogP contribution in [0.1, 0.15) is 13.3 Å². The van der Waals surface area contributed by atoms with Gasteiger partial charge in [0.25, 0.3) is 0 Å². The van der Waals surface area contributed by atoms with Crippen molar-refractivity contribution in [3.8, 4) is 11.8 Å². The van der Waals surface area contributed by atoms with Crippen molar-refractivity contribution in [3.05, 3.63) is 53.4 Å². The monoisotopic (exact) mass is 323 g/mol. The maximum Gasteiger partial charge on any atom is 0.194 e. The number of hydrogen-bond acceptors (Lipinski definition) is 3. The summed E-state index contributed by atoms with van der Waals surface area (Å²) in [7, 11) is 0. The molecule has 3 nitrogen and oxygen atoms in total. The number of ether oxygens (including phenoxy) is 1. The molecule has 0 spiro atoms. The second-order valence-corrected chi connectivity index (χ2v) is 5.60. The summed E-state index contributed by atoms with van der Waals surface area (Å²) in [6.07, 6.45) is 1.83. The highest BCUT2D eigenvalue weighted by Crippen LogP contribution is 2.42. The molecule has 3 atom stereocenters. The van der Waals surface area contributed by atoms with Crippen molar-refractivity contribution in [2.75, 3.05) is 6.61 Å². The smallest absolute Gasteiger partial charge is 0.194 e. The fourth-order valence-corrected chi connectivity index (χ4v) is 2.60. The Morgan fingerprint density at radius 1 is 1.43 bits per heavy atom. The predicted molar refractivity (Wildman–Crippen MR) is 77.9 cm³/mol. The van der Waals surface area contributed by atoms with E-state index in [-0.39, 0.29) is 24.2 Å². The standard InChI is InChI=1S/C17H16F3NO2/c1-9(8-22)3-11-4-13(10(2)7-21)17(11)23-12-5-14(18)16(20)15(19)6-12/h3,5-6,11,13,17,22H,2,4,8H2,1H3/b9-3+/t11-,13+,17?/m1/s1. The van der Waals surface area contributed by atoms with Gasteiger partial charge in [-0.3, -0.25) is 0 Å². The van der Waals surface area contributed by atoms with Gasteiger partial charge in [-0.2, -0.15) is 5.26 Å². The number of nitriles is 1. The average Bonchev–Trinajstić information content (AvgIpc) is 2.52. The van der Waals surface area contributed by atoms with Crippen LogP contribution in [0.3, 0.4) is 0 Å². The summed E-state index contributed by atoms with van der Waals surface area (Å²) in [6.45, 7) is 5.27. The Bertz CT molecular complexity index is 671. The van der Waals surface area contributed by atoms with Crippen LogP contribution in [0.4, 0.5) is 13.2 Å². The number of aliphatic hydroxyl groups excluding tert-OH is 1. The van der Waals surface area contributed by atoms with Gasteiger partial charge in [0.05, 0.1) is 12.7 Å². The van der Waals surface area contributed by atoms with E-state index in [4.69, 9.17) is 15.1 Å². The minimum atomic E-state index is -1.56. The third kappa shape index (κ3) is 3.57. The second kappa shape index (κ2) is 6.88. The topological polar surface area (TPSA) is 53.2 Å². The molecule has 2 rings (SSSR count). The SMILES string of the molecule is C=C(C#N)[C@@H]1C[C@@H](/C=C(\C)CO)C1Oc1cc(F)c(F)c(F)c1. The number of rotatable bonds is 5. The highest BCUT2D eigenvalue weighted by Gasteiger charge is 2.43. The Labute approximate surface area is 132 Å². The molecule has 6 heteroatoms. The molecular formula is C17H16F3NO2. The lowest BCUT2D eigenvalue weighted by Gasteiger charge is -2.43. The Morgan fingerprint density at radius 2 is 2.04 bits per heavy atom. The first-order chi connectivity index (χ1) is 10.9. The molecule has 1 N–H and O–H groups in total. The minimum Gasteiger partial charge on any atom is -0.489 e. The molecule has 0 amide bonds. The van der Waals surface area contributed by atoms with Crippen LogP contribution in [-0.2, 0) is 0 Å². The zero-order valence-corrected chi connectivity index (χ0v) is 12.5. The maximum absolute atomic E-state index is 13.3. The van der Waals surface area contributed by atoms with E-state index in [9.17, 15) is 13.2 Å². The second-order valence-electron chi connectivity index (χ2n) is 5.60. The number of halogens is 3. The summed E-state index contributed by atoms with van der Waals surface area (Å²) < 4.78 is 45.1. The van der Waals surface area contributed by atoms with Gasteiger partial charge >= 0.3 is 0 Å². The van der Waals surface area contributed by atoms with Crippen LogP contribution in [-0.4, -0.2) is 17.8 Å². The first-order valence-electron chi connectivity index (χ1n) is 7.05. The molecular weight excluding hydrogens is 307 g/mol. The molecule has 0 heterocycles. The van der Waals surface area contributed by atoms with Crippen LogP contribution < -0.4 is 4.74 Å². The van der Waals surface area contributed by atoms with Crippen molar-refractivity contribution in [2.24, 2.45) is 11.8 Å². The van der Waals surface area contributed by atoms with Gasteiger partial charge in [0, 0.05) is 29.5 Å². The van der Waals surface area contributed by atoms with Gasteiger partial charge in [-0.05, 0) is 13.3 Å². The van der Waals surface area contributed by atoms with Gasteiger partial charge in [-0.1, -0.05) is 18.2 Å². The summed E-state index contributed by atoms with van der Waals surface area (Å²) in [6, 6.07) is 3.48. The molecule has 1 saturated carbocycles. The molecule has 1 aromatic rings. The summed E-state index contributed by atoms with van der Waals surface area (Å²) in [5.74, 6) is -4.81. The number of nitrogens with zero attached hydrogens (tertiary/aromatic N) is 1. The first kappa shape index (κ1) is 17.1. The minimum absolute atomic E-state index is 0.118. The van der Waals surface area contributed by atoms with Crippen LogP contribution in [0, 0.1) is 40.6 Å². The Balaban J connectivity index is 2.24. The predicted octanol–water partition coefficient (Wildman–Crippen LogP) is 3.51. The quantitative estimate of drug-likeness (QED) is 0.512. The van der Waals surface area contributed by atoms with E-state index in [0.717, 1.165) is 17.7 Å². The van der Waals surface area contributed by atoms with E-state index in [2.05, 4.69) is 6.58 Å². The lowest BCUT2D eigenvalue weighted by atomic mass is 9.68. The zero-order chi connectivity index (χ0) is 17.1. The first-order valence-corrected chi connectivity index (χ1v) is 7.05. The van der Waals surface area contributed by atoms with Crippen molar-refractivity contribution >= 4 is 0 Å². The average molecular weight is 323 g/mol. The third-order valence-electron chi connectivity index (χ3n) is 3.91. The molecule has 1 fully saturated rings. The van der Waals surface area contributed by atoms with Gasteiger partial charge in [0.1, 0.15) is 11.9 Å². The van der Waals surface area contributed by atoms with E-state index in [1.54, 1.807) is 13.0 Å². The molecule has 122 valence electrons. The van der Waals surface area contributed by atoms with Crippen molar-refractivity contribution < 1.29 is 23.0 Å². The van der Waals surface area contributed by atoms with Gasteiger partial charge in [0.2, 0.25) is 0 Å². The lowest BCUT2D eigenvalue weighted by molar-refractivity contribution is 0.0235. The number of hydrogen-bond donors (Lipinski definition) is 1.